The molecule has 1 N–H and O–H groups in total. The molecule has 1 atom stereocenters. The van der Waals surface area contributed by atoms with E-state index in [4.69, 9.17) is 11.6 Å². The topological polar surface area (TPSA) is 12.0 Å². The van der Waals surface area contributed by atoms with Crippen molar-refractivity contribution in [1.82, 2.24) is 5.32 Å². The minimum atomic E-state index is 0.540. The lowest BCUT2D eigenvalue weighted by Crippen LogP contribution is -2.31. The summed E-state index contributed by atoms with van der Waals surface area (Å²) in [6.45, 7) is 5.51. The van der Waals surface area contributed by atoms with Gasteiger partial charge in [0.2, 0.25) is 0 Å². The molecule has 0 bridgehead atoms. The predicted octanol–water partition coefficient (Wildman–Crippen LogP) is 4.81. The predicted molar refractivity (Wildman–Crippen MR) is 79.8 cm³/mol. The van der Waals surface area contributed by atoms with Crippen molar-refractivity contribution in [3.8, 4) is 0 Å². The van der Waals surface area contributed by atoms with Crippen LogP contribution in [-0.2, 0) is 6.42 Å². The third-order valence-electron chi connectivity index (χ3n) is 2.80. The van der Waals surface area contributed by atoms with Crippen LogP contribution in [0.1, 0.15) is 38.7 Å². The van der Waals surface area contributed by atoms with Crippen molar-refractivity contribution in [2.45, 2.75) is 45.6 Å². The Morgan fingerprint density at radius 1 is 1.29 bits per heavy atom. The van der Waals surface area contributed by atoms with Crippen molar-refractivity contribution in [3.63, 3.8) is 0 Å². The van der Waals surface area contributed by atoms with Gasteiger partial charge in [0, 0.05) is 15.5 Å². The monoisotopic (exact) mass is 317 g/mol. The first-order chi connectivity index (χ1) is 8.17. The second kappa shape index (κ2) is 8.12. The zero-order valence-corrected chi connectivity index (χ0v) is 12.9. The Morgan fingerprint density at radius 2 is 2.06 bits per heavy atom. The minimum Gasteiger partial charge on any atom is -0.314 e. The second-order valence-electron chi connectivity index (χ2n) is 4.38. The summed E-state index contributed by atoms with van der Waals surface area (Å²) in [4.78, 5) is 0. The van der Waals surface area contributed by atoms with Crippen LogP contribution >= 0.6 is 27.5 Å². The van der Waals surface area contributed by atoms with E-state index in [0.29, 0.717) is 6.04 Å². The molecule has 0 spiro atoms. The summed E-state index contributed by atoms with van der Waals surface area (Å²) in [7, 11) is 0. The van der Waals surface area contributed by atoms with E-state index >= 15 is 0 Å². The highest BCUT2D eigenvalue weighted by Crippen LogP contribution is 2.23. The smallest absolute Gasteiger partial charge is 0.0449 e. The van der Waals surface area contributed by atoms with Gasteiger partial charge >= 0.3 is 0 Å². The van der Waals surface area contributed by atoms with Gasteiger partial charge in [-0.3, -0.25) is 0 Å². The first-order valence-corrected chi connectivity index (χ1v) is 7.51. The Hall–Kier alpha value is -0.0500. The summed E-state index contributed by atoms with van der Waals surface area (Å²) < 4.78 is 1.04. The molecular weight excluding hydrogens is 298 g/mol. The third kappa shape index (κ3) is 5.41. The van der Waals surface area contributed by atoms with E-state index < -0.39 is 0 Å². The maximum Gasteiger partial charge on any atom is 0.0449 e. The normalized spacial score (nSPS) is 12.7. The van der Waals surface area contributed by atoms with Crippen LogP contribution < -0.4 is 5.32 Å². The number of benzene rings is 1. The fourth-order valence-corrected chi connectivity index (χ4v) is 2.68. The van der Waals surface area contributed by atoms with Crippen LogP contribution in [0.25, 0.3) is 0 Å². The van der Waals surface area contributed by atoms with Crippen LogP contribution in [0.5, 0.6) is 0 Å². The lowest BCUT2D eigenvalue weighted by molar-refractivity contribution is 0.473. The Bertz CT molecular complexity index is 341. The first-order valence-electron chi connectivity index (χ1n) is 6.34. The standard InChI is InChI=1S/C14H21BrClN/c1-3-5-13(17-8-4-2)9-11-6-7-12(15)10-14(11)16/h6-7,10,13,17H,3-5,8-9H2,1-2H3. The average molecular weight is 319 g/mol. The van der Waals surface area contributed by atoms with Crippen LogP contribution in [-0.4, -0.2) is 12.6 Å². The van der Waals surface area contributed by atoms with E-state index in [1.807, 2.05) is 6.07 Å². The Kier molecular flexibility index (Phi) is 7.17. The molecule has 0 heterocycles. The van der Waals surface area contributed by atoms with Gasteiger partial charge in [0.05, 0.1) is 0 Å². The van der Waals surface area contributed by atoms with Gasteiger partial charge in [0.15, 0.2) is 0 Å². The zero-order valence-electron chi connectivity index (χ0n) is 10.6. The van der Waals surface area contributed by atoms with Crippen LogP contribution in [0.2, 0.25) is 5.02 Å². The number of hydrogen-bond acceptors (Lipinski definition) is 1. The lowest BCUT2D eigenvalue weighted by atomic mass is 10.0. The van der Waals surface area contributed by atoms with Gasteiger partial charge in [-0.15, -0.1) is 0 Å². The Labute approximate surface area is 118 Å². The summed E-state index contributed by atoms with van der Waals surface area (Å²) in [5.41, 5.74) is 1.23. The molecule has 1 aromatic carbocycles. The van der Waals surface area contributed by atoms with E-state index in [1.54, 1.807) is 0 Å². The fourth-order valence-electron chi connectivity index (χ4n) is 1.93. The van der Waals surface area contributed by atoms with Crippen molar-refractivity contribution in [2.75, 3.05) is 6.54 Å². The molecule has 0 aliphatic heterocycles. The molecule has 1 rings (SSSR count). The molecule has 0 saturated heterocycles. The van der Waals surface area contributed by atoms with E-state index in [0.717, 1.165) is 22.5 Å². The van der Waals surface area contributed by atoms with Crippen molar-refractivity contribution in [3.05, 3.63) is 33.3 Å². The highest BCUT2D eigenvalue weighted by atomic mass is 79.9. The van der Waals surface area contributed by atoms with E-state index in [9.17, 15) is 0 Å². The number of rotatable bonds is 7. The van der Waals surface area contributed by atoms with E-state index in [2.05, 4.69) is 47.2 Å². The highest BCUT2D eigenvalue weighted by Gasteiger charge is 2.10. The van der Waals surface area contributed by atoms with Crippen LogP contribution in [0.4, 0.5) is 0 Å². The van der Waals surface area contributed by atoms with Crippen molar-refractivity contribution >= 4 is 27.5 Å². The van der Waals surface area contributed by atoms with Gasteiger partial charge in [0.25, 0.3) is 0 Å². The van der Waals surface area contributed by atoms with E-state index in [-0.39, 0.29) is 0 Å². The average Bonchev–Trinajstić information content (AvgIpc) is 2.29. The molecule has 0 aliphatic carbocycles. The molecular formula is C14H21BrClN. The fraction of sp³-hybridized carbons (Fsp3) is 0.571. The molecule has 96 valence electrons. The van der Waals surface area contributed by atoms with Crippen molar-refractivity contribution in [2.24, 2.45) is 0 Å². The van der Waals surface area contributed by atoms with Gasteiger partial charge in [-0.2, -0.15) is 0 Å². The molecule has 0 aromatic heterocycles. The summed E-state index contributed by atoms with van der Waals surface area (Å²) in [6, 6.07) is 6.69. The number of nitrogens with one attached hydrogen (secondary N) is 1. The van der Waals surface area contributed by atoms with Crippen molar-refractivity contribution < 1.29 is 0 Å². The number of hydrogen-bond donors (Lipinski definition) is 1. The quantitative estimate of drug-likeness (QED) is 0.760. The summed E-state index contributed by atoms with van der Waals surface area (Å²) in [5.74, 6) is 0. The summed E-state index contributed by atoms with van der Waals surface area (Å²) in [5, 5.41) is 4.45. The molecule has 0 radical (unpaired) electrons. The largest absolute Gasteiger partial charge is 0.314 e. The Morgan fingerprint density at radius 3 is 2.65 bits per heavy atom. The third-order valence-corrected chi connectivity index (χ3v) is 3.65. The first kappa shape index (κ1) is 15.0. The number of halogens is 2. The van der Waals surface area contributed by atoms with Crippen LogP contribution in [0, 0.1) is 0 Å². The summed E-state index contributed by atoms with van der Waals surface area (Å²) >= 11 is 9.69. The van der Waals surface area contributed by atoms with Crippen LogP contribution in [0.15, 0.2) is 22.7 Å². The molecule has 1 unspecified atom stereocenters. The SMILES string of the molecule is CCCNC(CCC)Cc1ccc(Br)cc1Cl. The second-order valence-corrected chi connectivity index (χ2v) is 5.70. The molecule has 0 saturated carbocycles. The van der Waals surface area contributed by atoms with Crippen molar-refractivity contribution in [1.29, 1.82) is 0 Å². The zero-order chi connectivity index (χ0) is 12.7. The Balaban J connectivity index is 2.64. The lowest BCUT2D eigenvalue weighted by Gasteiger charge is -2.18. The van der Waals surface area contributed by atoms with Crippen LogP contribution in [0.3, 0.4) is 0 Å². The summed E-state index contributed by atoms with van der Waals surface area (Å²) in [6.07, 6.45) is 4.59. The van der Waals surface area contributed by atoms with Gasteiger partial charge in [-0.1, -0.05) is 53.9 Å². The van der Waals surface area contributed by atoms with Gasteiger partial charge in [-0.05, 0) is 43.5 Å². The maximum absolute atomic E-state index is 6.25. The van der Waals surface area contributed by atoms with Gasteiger partial charge < -0.3 is 5.32 Å². The van der Waals surface area contributed by atoms with Gasteiger partial charge in [0.1, 0.15) is 0 Å². The molecule has 1 nitrogen and oxygen atoms in total. The molecule has 3 heteroatoms. The molecule has 0 fully saturated rings. The molecule has 1 aromatic rings. The molecule has 17 heavy (non-hydrogen) atoms. The molecule has 0 amide bonds. The molecule has 0 aliphatic rings. The van der Waals surface area contributed by atoms with E-state index in [1.165, 1.54) is 24.8 Å². The highest BCUT2D eigenvalue weighted by molar-refractivity contribution is 9.10. The maximum atomic E-state index is 6.25. The minimum absolute atomic E-state index is 0.540. The van der Waals surface area contributed by atoms with Gasteiger partial charge in [-0.25, -0.2) is 0 Å².